The molecule has 0 unspecified atom stereocenters. The summed E-state index contributed by atoms with van der Waals surface area (Å²) in [7, 11) is 1.47. The number of nitrogens with one attached hydrogen (secondary N) is 1. The maximum Gasteiger partial charge on any atom is 0.307 e. The van der Waals surface area contributed by atoms with Gasteiger partial charge in [-0.1, -0.05) is 6.92 Å². The Kier molecular flexibility index (Phi) is 6.09. The van der Waals surface area contributed by atoms with Gasteiger partial charge in [-0.25, -0.2) is 0 Å². The second-order valence-corrected chi connectivity index (χ2v) is 5.59. The molecule has 0 aromatic carbocycles. The van der Waals surface area contributed by atoms with Crippen LogP contribution in [0.4, 0.5) is 0 Å². The Labute approximate surface area is 111 Å². The van der Waals surface area contributed by atoms with Crippen molar-refractivity contribution in [1.82, 2.24) is 10.2 Å². The number of ether oxygens (including phenoxy) is 1. The average molecular weight is 256 g/mol. The summed E-state index contributed by atoms with van der Waals surface area (Å²) in [6.45, 7) is 9.71. The lowest BCUT2D eigenvalue weighted by molar-refractivity contribution is -0.143. The van der Waals surface area contributed by atoms with Crippen molar-refractivity contribution in [2.24, 2.45) is 0 Å². The molecular formula is C14H28N2O2. The molecular weight excluding hydrogens is 228 g/mol. The zero-order valence-electron chi connectivity index (χ0n) is 12.3. The lowest BCUT2D eigenvalue weighted by Crippen LogP contribution is -2.55. The Balaban J connectivity index is 2.60. The van der Waals surface area contributed by atoms with Crippen LogP contribution in [0.25, 0.3) is 0 Å². The smallest absolute Gasteiger partial charge is 0.307 e. The van der Waals surface area contributed by atoms with Gasteiger partial charge in [-0.15, -0.1) is 0 Å². The second-order valence-electron chi connectivity index (χ2n) is 5.59. The Morgan fingerprint density at radius 1 is 1.39 bits per heavy atom. The van der Waals surface area contributed by atoms with Crippen LogP contribution in [0, 0.1) is 0 Å². The van der Waals surface area contributed by atoms with Crippen molar-refractivity contribution in [3.05, 3.63) is 0 Å². The molecule has 1 N–H and O–H groups in total. The molecule has 0 amide bonds. The topological polar surface area (TPSA) is 41.6 Å². The summed E-state index contributed by atoms with van der Waals surface area (Å²) in [5, 5.41) is 3.58. The van der Waals surface area contributed by atoms with Crippen LogP contribution >= 0.6 is 0 Å². The summed E-state index contributed by atoms with van der Waals surface area (Å²) in [6.07, 6.45) is 3.65. The summed E-state index contributed by atoms with van der Waals surface area (Å²) < 4.78 is 4.84. The molecule has 0 saturated carbocycles. The van der Waals surface area contributed by atoms with Gasteiger partial charge in [0.15, 0.2) is 0 Å². The molecule has 106 valence electrons. The maximum absolute atomic E-state index is 11.6. The highest BCUT2D eigenvalue weighted by Gasteiger charge is 2.36. The lowest BCUT2D eigenvalue weighted by Gasteiger charge is -2.43. The summed E-state index contributed by atoms with van der Waals surface area (Å²) >= 11 is 0. The summed E-state index contributed by atoms with van der Waals surface area (Å²) in [5.41, 5.74) is -0.0471. The molecule has 1 aliphatic heterocycles. The Morgan fingerprint density at radius 2 is 2.00 bits per heavy atom. The van der Waals surface area contributed by atoms with Gasteiger partial charge in [-0.05, 0) is 39.7 Å². The minimum Gasteiger partial charge on any atom is -0.469 e. The van der Waals surface area contributed by atoms with Crippen LogP contribution in [0.1, 0.15) is 46.5 Å². The van der Waals surface area contributed by atoms with Crippen molar-refractivity contribution < 1.29 is 9.53 Å². The molecule has 0 atom stereocenters. The molecule has 0 aromatic heterocycles. The molecule has 1 aliphatic rings. The summed E-state index contributed by atoms with van der Waals surface area (Å²) in [4.78, 5) is 14.1. The molecule has 0 aliphatic carbocycles. The molecule has 0 bridgehead atoms. The molecule has 4 heteroatoms. The van der Waals surface area contributed by atoms with Crippen molar-refractivity contribution in [2.45, 2.75) is 58.0 Å². The number of carbonyl (C=O) groups excluding carboxylic acids is 1. The van der Waals surface area contributed by atoms with Crippen LogP contribution in [0.3, 0.4) is 0 Å². The van der Waals surface area contributed by atoms with Gasteiger partial charge in [0.1, 0.15) is 0 Å². The first-order valence-electron chi connectivity index (χ1n) is 7.09. The van der Waals surface area contributed by atoms with Gasteiger partial charge in [-0.2, -0.15) is 0 Å². The zero-order chi connectivity index (χ0) is 13.6. The quantitative estimate of drug-likeness (QED) is 0.736. The third-order valence-electron chi connectivity index (χ3n) is 3.95. The molecule has 4 nitrogen and oxygen atoms in total. The number of piperidine rings is 1. The van der Waals surface area contributed by atoms with Gasteiger partial charge < -0.3 is 15.0 Å². The predicted octanol–water partition coefficient (Wildman–Crippen LogP) is 1.79. The fraction of sp³-hybridized carbons (Fsp3) is 0.929. The molecule has 0 spiro atoms. The van der Waals surface area contributed by atoms with Gasteiger partial charge in [0.25, 0.3) is 0 Å². The van der Waals surface area contributed by atoms with E-state index >= 15 is 0 Å². The van der Waals surface area contributed by atoms with Crippen molar-refractivity contribution in [3.8, 4) is 0 Å². The van der Waals surface area contributed by atoms with Gasteiger partial charge >= 0.3 is 5.97 Å². The van der Waals surface area contributed by atoms with E-state index < -0.39 is 0 Å². The number of methoxy groups -OCH3 is 1. The van der Waals surface area contributed by atoms with Gasteiger partial charge in [0, 0.05) is 24.7 Å². The standard InChI is InChI=1S/C14H28N2O2/c1-5-8-15-14(11-13(17)18-4)6-9-16(10-7-14)12(2)3/h12,15H,5-11H2,1-4H3. The highest BCUT2D eigenvalue weighted by Crippen LogP contribution is 2.27. The fourth-order valence-corrected chi connectivity index (χ4v) is 2.62. The highest BCUT2D eigenvalue weighted by atomic mass is 16.5. The third-order valence-corrected chi connectivity index (χ3v) is 3.95. The first kappa shape index (κ1) is 15.4. The zero-order valence-corrected chi connectivity index (χ0v) is 12.3. The van der Waals surface area contributed by atoms with E-state index in [0.717, 1.165) is 38.9 Å². The molecule has 1 fully saturated rings. The SMILES string of the molecule is CCCNC1(CC(=O)OC)CCN(C(C)C)CC1. The summed E-state index contributed by atoms with van der Waals surface area (Å²) in [6, 6.07) is 0.590. The van der Waals surface area contributed by atoms with Gasteiger partial charge in [0.05, 0.1) is 13.5 Å². The first-order valence-corrected chi connectivity index (χ1v) is 7.09. The molecule has 0 radical (unpaired) electrons. The molecule has 1 rings (SSSR count). The largest absolute Gasteiger partial charge is 0.469 e. The minimum atomic E-state index is -0.100. The predicted molar refractivity (Wildman–Crippen MR) is 73.6 cm³/mol. The molecule has 1 saturated heterocycles. The number of likely N-dealkylation sites (tertiary alicyclic amines) is 1. The number of rotatable bonds is 6. The molecule has 0 aromatic rings. The number of hydrogen-bond donors (Lipinski definition) is 1. The van der Waals surface area contributed by atoms with Crippen molar-refractivity contribution in [2.75, 3.05) is 26.7 Å². The van der Waals surface area contributed by atoms with Crippen LogP contribution in [0.5, 0.6) is 0 Å². The van der Waals surface area contributed by atoms with Crippen LogP contribution in [0.2, 0.25) is 0 Å². The van der Waals surface area contributed by atoms with E-state index in [1.807, 2.05) is 0 Å². The minimum absolute atomic E-state index is 0.0471. The van der Waals surface area contributed by atoms with Crippen molar-refractivity contribution in [1.29, 1.82) is 0 Å². The van der Waals surface area contributed by atoms with Crippen molar-refractivity contribution >= 4 is 5.97 Å². The highest BCUT2D eigenvalue weighted by molar-refractivity contribution is 5.70. The number of nitrogens with zero attached hydrogens (tertiary/aromatic N) is 1. The normalized spacial score (nSPS) is 20.1. The van der Waals surface area contributed by atoms with Crippen LogP contribution in [-0.2, 0) is 9.53 Å². The Morgan fingerprint density at radius 3 is 2.44 bits per heavy atom. The van der Waals surface area contributed by atoms with Crippen LogP contribution in [0.15, 0.2) is 0 Å². The van der Waals surface area contributed by atoms with E-state index in [4.69, 9.17) is 4.74 Å². The van der Waals surface area contributed by atoms with Crippen LogP contribution < -0.4 is 5.32 Å². The van der Waals surface area contributed by atoms with E-state index in [1.54, 1.807) is 0 Å². The second kappa shape index (κ2) is 7.10. The van der Waals surface area contributed by atoms with Gasteiger partial charge in [-0.3, -0.25) is 4.79 Å². The number of hydrogen-bond acceptors (Lipinski definition) is 4. The van der Waals surface area contributed by atoms with Crippen LogP contribution in [-0.4, -0.2) is 49.2 Å². The van der Waals surface area contributed by atoms with E-state index in [0.29, 0.717) is 12.5 Å². The molecule has 1 heterocycles. The van der Waals surface area contributed by atoms with E-state index in [9.17, 15) is 4.79 Å². The molecule has 18 heavy (non-hydrogen) atoms. The third kappa shape index (κ3) is 4.25. The van der Waals surface area contributed by atoms with E-state index in [-0.39, 0.29) is 11.5 Å². The number of esters is 1. The average Bonchev–Trinajstić information content (AvgIpc) is 2.37. The van der Waals surface area contributed by atoms with E-state index in [2.05, 4.69) is 31.0 Å². The van der Waals surface area contributed by atoms with Gasteiger partial charge in [0.2, 0.25) is 0 Å². The maximum atomic E-state index is 11.6. The number of carbonyl (C=O) groups is 1. The van der Waals surface area contributed by atoms with Crippen molar-refractivity contribution in [3.63, 3.8) is 0 Å². The first-order chi connectivity index (χ1) is 8.53. The lowest BCUT2D eigenvalue weighted by atomic mass is 9.83. The Bertz CT molecular complexity index is 259. The summed E-state index contributed by atoms with van der Waals surface area (Å²) in [5.74, 6) is -0.100. The van der Waals surface area contributed by atoms with E-state index in [1.165, 1.54) is 7.11 Å². The monoisotopic (exact) mass is 256 g/mol. The fourth-order valence-electron chi connectivity index (χ4n) is 2.62. The Hall–Kier alpha value is -0.610.